The zero-order valence-electron chi connectivity index (χ0n) is 19.0. The SMILES string of the molecule is CC(C)(NC(=O)OCC1c2ccccc2-c2ccccc21)C(=O)NCC(CC(=O)O)C1CC1. The Morgan fingerprint density at radius 2 is 1.61 bits per heavy atom. The summed E-state index contributed by atoms with van der Waals surface area (Å²) in [5, 5.41) is 14.5. The number of carboxylic acids is 1. The summed E-state index contributed by atoms with van der Waals surface area (Å²) >= 11 is 0. The van der Waals surface area contributed by atoms with E-state index in [1.807, 2.05) is 36.4 Å². The van der Waals surface area contributed by atoms with E-state index in [0.717, 1.165) is 35.1 Å². The number of ether oxygens (including phenoxy) is 1. The van der Waals surface area contributed by atoms with Crippen molar-refractivity contribution in [3.63, 3.8) is 0 Å². The number of carbonyl (C=O) groups is 3. The van der Waals surface area contributed by atoms with E-state index in [2.05, 4.69) is 22.8 Å². The Morgan fingerprint density at radius 3 is 2.15 bits per heavy atom. The summed E-state index contributed by atoms with van der Waals surface area (Å²) < 4.78 is 5.54. The standard InChI is InChI=1S/C26H30N2O5/c1-26(2,24(31)27-14-17(13-23(29)30)16-11-12-16)28-25(32)33-15-22-20-9-5-3-7-18(20)19-8-4-6-10-21(19)22/h3-10,16-17,22H,11-15H2,1-2H3,(H,27,31)(H,28,32)(H,29,30). The number of alkyl carbamates (subject to hydrolysis) is 1. The number of carbonyl (C=O) groups excluding carboxylic acids is 2. The van der Waals surface area contributed by atoms with Crippen molar-refractivity contribution in [2.24, 2.45) is 11.8 Å². The third kappa shape index (κ3) is 5.18. The fourth-order valence-electron chi connectivity index (χ4n) is 4.59. The predicted molar refractivity (Wildman–Crippen MR) is 124 cm³/mol. The maximum absolute atomic E-state index is 12.7. The molecule has 0 bridgehead atoms. The number of carboxylic acid groups (broad SMARTS) is 1. The van der Waals surface area contributed by atoms with Gasteiger partial charge in [-0.25, -0.2) is 4.79 Å². The maximum atomic E-state index is 12.7. The van der Waals surface area contributed by atoms with Gasteiger partial charge in [-0.1, -0.05) is 48.5 Å². The van der Waals surface area contributed by atoms with Crippen LogP contribution < -0.4 is 10.6 Å². The van der Waals surface area contributed by atoms with E-state index >= 15 is 0 Å². The van der Waals surface area contributed by atoms with Crippen LogP contribution in [0.4, 0.5) is 4.79 Å². The largest absolute Gasteiger partial charge is 0.481 e. The molecule has 2 aromatic carbocycles. The summed E-state index contributed by atoms with van der Waals surface area (Å²) in [6.07, 6.45) is 1.36. The Labute approximate surface area is 193 Å². The van der Waals surface area contributed by atoms with Crippen molar-refractivity contribution in [2.45, 2.75) is 44.6 Å². The van der Waals surface area contributed by atoms with Crippen LogP contribution in [-0.4, -0.2) is 41.8 Å². The molecule has 174 valence electrons. The van der Waals surface area contributed by atoms with Gasteiger partial charge in [0.15, 0.2) is 0 Å². The minimum absolute atomic E-state index is 0.0329. The molecule has 1 fully saturated rings. The van der Waals surface area contributed by atoms with Crippen LogP contribution in [0.1, 0.15) is 50.2 Å². The Morgan fingerprint density at radius 1 is 1.03 bits per heavy atom. The highest BCUT2D eigenvalue weighted by Crippen LogP contribution is 2.44. The van der Waals surface area contributed by atoms with Gasteiger partial charge in [-0.15, -0.1) is 0 Å². The summed E-state index contributed by atoms with van der Waals surface area (Å²) in [6, 6.07) is 16.2. The average Bonchev–Trinajstić information content (AvgIpc) is 3.57. The van der Waals surface area contributed by atoms with Crippen molar-refractivity contribution in [3.8, 4) is 11.1 Å². The van der Waals surface area contributed by atoms with Gasteiger partial charge < -0.3 is 20.5 Å². The van der Waals surface area contributed by atoms with Crippen LogP contribution in [0.5, 0.6) is 0 Å². The van der Waals surface area contributed by atoms with E-state index in [0.29, 0.717) is 5.92 Å². The molecule has 1 unspecified atom stereocenters. The minimum atomic E-state index is -1.19. The molecule has 7 heteroatoms. The molecule has 2 aliphatic rings. The van der Waals surface area contributed by atoms with Crippen LogP contribution in [0, 0.1) is 11.8 Å². The van der Waals surface area contributed by atoms with Crippen LogP contribution >= 0.6 is 0 Å². The van der Waals surface area contributed by atoms with Crippen molar-refractivity contribution in [2.75, 3.05) is 13.2 Å². The second-order valence-electron chi connectivity index (χ2n) is 9.48. The fourth-order valence-corrected chi connectivity index (χ4v) is 4.59. The van der Waals surface area contributed by atoms with E-state index in [1.54, 1.807) is 13.8 Å². The lowest BCUT2D eigenvalue weighted by Crippen LogP contribution is -2.55. The van der Waals surface area contributed by atoms with Gasteiger partial charge in [0.1, 0.15) is 12.1 Å². The van der Waals surface area contributed by atoms with Crippen LogP contribution in [0.3, 0.4) is 0 Å². The molecule has 33 heavy (non-hydrogen) atoms. The molecule has 1 saturated carbocycles. The molecular weight excluding hydrogens is 420 g/mol. The summed E-state index contributed by atoms with van der Waals surface area (Å²) in [5.41, 5.74) is 3.34. The number of amides is 2. The molecule has 1 atom stereocenters. The first-order valence-electron chi connectivity index (χ1n) is 11.4. The molecule has 7 nitrogen and oxygen atoms in total. The third-order valence-electron chi connectivity index (χ3n) is 6.58. The molecule has 2 aromatic rings. The molecule has 0 aromatic heterocycles. The summed E-state index contributed by atoms with van der Waals surface area (Å²) in [4.78, 5) is 36.3. The van der Waals surface area contributed by atoms with Gasteiger partial charge in [0, 0.05) is 12.5 Å². The highest BCUT2D eigenvalue weighted by Gasteiger charge is 2.36. The summed E-state index contributed by atoms with van der Waals surface area (Å²) in [5.74, 6) is -1.03. The molecule has 0 spiro atoms. The van der Waals surface area contributed by atoms with Gasteiger partial charge >= 0.3 is 12.1 Å². The van der Waals surface area contributed by atoms with Gasteiger partial charge in [0.2, 0.25) is 5.91 Å². The molecular formula is C26H30N2O5. The number of benzene rings is 2. The maximum Gasteiger partial charge on any atom is 0.408 e. The first kappa shape index (κ1) is 22.8. The molecule has 4 rings (SSSR count). The predicted octanol–water partition coefficient (Wildman–Crippen LogP) is 3.92. The Kier molecular flexibility index (Phi) is 6.40. The Balaban J connectivity index is 1.33. The summed E-state index contributed by atoms with van der Waals surface area (Å²) in [6.45, 7) is 3.66. The molecule has 0 heterocycles. The van der Waals surface area contributed by atoms with Gasteiger partial charge in [0.05, 0.1) is 6.42 Å². The summed E-state index contributed by atoms with van der Waals surface area (Å²) in [7, 11) is 0. The molecule has 0 aliphatic heterocycles. The van der Waals surface area contributed by atoms with E-state index in [9.17, 15) is 14.4 Å². The average molecular weight is 451 g/mol. The molecule has 0 radical (unpaired) electrons. The van der Waals surface area contributed by atoms with Crippen LogP contribution in [0.25, 0.3) is 11.1 Å². The van der Waals surface area contributed by atoms with E-state index in [1.165, 1.54) is 0 Å². The van der Waals surface area contributed by atoms with E-state index in [4.69, 9.17) is 9.84 Å². The number of aliphatic carboxylic acids is 1. The Hall–Kier alpha value is -3.35. The molecule has 2 aliphatic carbocycles. The van der Waals surface area contributed by atoms with Gasteiger partial charge in [-0.05, 0) is 60.8 Å². The lowest BCUT2D eigenvalue weighted by molar-refractivity contribution is -0.138. The highest BCUT2D eigenvalue weighted by atomic mass is 16.5. The van der Waals surface area contributed by atoms with Crippen LogP contribution in [0.15, 0.2) is 48.5 Å². The normalized spacial score (nSPS) is 15.8. The second-order valence-corrected chi connectivity index (χ2v) is 9.48. The van der Waals surface area contributed by atoms with Crippen molar-refractivity contribution < 1.29 is 24.2 Å². The highest BCUT2D eigenvalue weighted by molar-refractivity contribution is 5.89. The first-order chi connectivity index (χ1) is 15.8. The van der Waals surface area contributed by atoms with Crippen molar-refractivity contribution in [1.29, 1.82) is 0 Å². The van der Waals surface area contributed by atoms with E-state index in [-0.39, 0.29) is 37.3 Å². The zero-order chi connectivity index (χ0) is 23.6. The lowest BCUT2D eigenvalue weighted by atomic mass is 9.98. The molecule has 2 amide bonds. The number of nitrogens with one attached hydrogen (secondary N) is 2. The Bertz CT molecular complexity index is 1010. The second kappa shape index (κ2) is 9.25. The van der Waals surface area contributed by atoms with Crippen molar-refractivity contribution in [3.05, 3.63) is 59.7 Å². The van der Waals surface area contributed by atoms with Crippen molar-refractivity contribution >= 4 is 18.0 Å². The molecule has 3 N–H and O–H groups in total. The van der Waals surface area contributed by atoms with Gasteiger partial charge in [-0.2, -0.15) is 0 Å². The topological polar surface area (TPSA) is 105 Å². The molecule has 0 saturated heterocycles. The van der Waals surface area contributed by atoms with Crippen LogP contribution in [0.2, 0.25) is 0 Å². The number of hydrogen-bond acceptors (Lipinski definition) is 4. The number of hydrogen-bond donors (Lipinski definition) is 3. The van der Waals surface area contributed by atoms with Gasteiger partial charge in [0.25, 0.3) is 0 Å². The monoisotopic (exact) mass is 450 g/mol. The van der Waals surface area contributed by atoms with Gasteiger partial charge in [-0.3, -0.25) is 9.59 Å². The first-order valence-corrected chi connectivity index (χ1v) is 11.4. The number of fused-ring (bicyclic) bond motifs is 3. The number of rotatable bonds is 9. The van der Waals surface area contributed by atoms with Crippen LogP contribution in [-0.2, 0) is 14.3 Å². The third-order valence-corrected chi connectivity index (χ3v) is 6.58. The van der Waals surface area contributed by atoms with Crippen molar-refractivity contribution in [1.82, 2.24) is 10.6 Å². The minimum Gasteiger partial charge on any atom is -0.481 e. The smallest absolute Gasteiger partial charge is 0.408 e. The fraction of sp³-hybridized carbons (Fsp3) is 0.423. The zero-order valence-corrected chi connectivity index (χ0v) is 19.0. The lowest BCUT2D eigenvalue weighted by Gasteiger charge is -2.26. The quantitative estimate of drug-likeness (QED) is 0.537. The van der Waals surface area contributed by atoms with E-state index < -0.39 is 17.6 Å².